The van der Waals surface area contributed by atoms with E-state index in [1.165, 1.54) is 53.1 Å². The van der Waals surface area contributed by atoms with Gasteiger partial charge in [-0.2, -0.15) is 5.26 Å². The fourth-order valence-electron chi connectivity index (χ4n) is 15.3. The molecule has 6 aliphatic rings. The highest BCUT2D eigenvalue weighted by Crippen LogP contribution is 2.58. The standard InChI is InChI=1S/C21H16F4N4O.C20H20F4N4O.C19H20BrF4N3O.C18H23BrFN3O/c1-20(23)12(11-21(20,24)25)9-18(30)28-19-27-16-8-5-14(26-2)10-17(16)29(19)15-6-3-13(22)4-7-15;1-18(6-3-7-18)28-16-11(10-25)4-5-13(21)15(16)27-17(28)26-14(29)8-12-9-20(23,24)19(12,2)22;1-17(6-3-7-17)27-15-12(5-4-11(21)14(15)20)25-16(27)26-13(28)8-10-9-19(23,24)18(10,2)22;1-17(2,3)10-13(24)22-16-21-12-7-6-11(20)14(19)15(12)23(16)18(4)8-5-9-18/h3-8,10,12H,9,11H2,1H3,(H,27,28,30);4-5,12H,3,6-9H2,1-2H3,(H,26,27,29);4-5,10H,3,6-9H2,1-2H3,(H,25,26,28);6-7H,5,8-10H2,1-4H3,(H,21,22,24). The highest BCUT2D eigenvalue weighted by molar-refractivity contribution is 9.11. The number of alkyl halides is 9. The maximum Gasteiger partial charge on any atom is 0.281 e. The summed E-state index contributed by atoms with van der Waals surface area (Å²) in [4.78, 5) is 70.7. The number of hydrogen-bond acceptors (Lipinski definition) is 9. The van der Waals surface area contributed by atoms with Crippen LogP contribution in [0.25, 0.3) is 54.7 Å². The summed E-state index contributed by atoms with van der Waals surface area (Å²) in [6, 6.07) is 20.5. The molecule has 4 heterocycles. The van der Waals surface area contributed by atoms with Crippen molar-refractivity contribution in [2.45, 2.75) is 216 Å². The Balaban J connectivity index is 0.000000138. The molecule has 0 bridgehead atoms. The molecule has 5 aromatic carbocycles. The molecule has 0 spiro atoms. The monoisotopic (exact) mass is 1680 g/mol. The maximum absolute atomic E-state index is 14.4. The van der Waals surface area contributed by atoms with Gasteiger partial charge < -0.3 is 13.7 Å². The number of hydrogen-bond donors (Lipinski definition) is 4. The molecule has 590 valence electrons. The van der Waals surface area contributed by atoms with Crippen molar-refractivity contribution in [2.24, 2.45) is 23.2 Å². The lowest BCUT2D eigenvalue weighted by molar-refractivity contribution is -0.242. The zero-order valence-corrected chi connectivity index (χ0v) is 65.0. The lowest BCUT2D eigenvalue weighted by Crippen LogP contribution is -2.60. The van der Waals surface area contributed by atoms with E-state index < -0.39 is 125 Å². The Bertz CT molecular complexity index is 5290. The largest absolute Gasteiger partial charge is 0.303 e. The highest BCUT2D eigenvalue weighted by Gasteiger charge is 2.69. The SMILES string of the molecule is CC(C)(C)CC(=O)Nc1nc2ccc(F)c(Br)c2n1C1(C)CCC1.CC1(n2c(NC(=O)CC3CC(F)(F)C3(C)F)nc3c(F)ccc(C#N)c32)CCC1.CC1(n2c(NC(=O)CC3CC(F)(F)C3(C)F)nc3ccc(F)c(Br)c32)CCC1.[C-]#[N+]c1ccc2nc(NC(=O)CC3CC(F)(F)C3(C)F)n(-c3ccc(F)cc3)c2c1. The number of benzene rings is 5. The van der Waals surface area contributed by atoms with E-state index in [0.717, 1.165) is 84.6 Å². The molecule has 33 heteroatoms. The molecule has 4 aromatic heterocycles. The van der Waals surface area contributed by atoms with Crippen LogP contribution in [0.15, 0.2) is 87.8 Å². The van der Waals surface area contributed by atoms with Gasteiger partial charge >= 0.3 is 0 Å². The molecule has 0 radical (unpaired) electrons. The summed E-state index contributed by atoms with van der Waals surface area (Å²) >= 11 is 6.62. The Morgan fingerprint density at radius 2 is 0.883 bits per heavy atom. The van der Waals surface area contributed by atoms with Crippen molar-refractivity contribution in [3.63, 3.8) is 0 Å². The normalized spacial score (nSPS) is 23.8. The number of halogens is 15. The molecule has 6 unspecified atom stereocenters. The first-order valence-corrected chi connectivity index (χ1v) is 37.7. The van der Waals surface area contributed by atoms with E-state index in [1.54, 1.807) is 33.4 Å². The molecule has 4 amide bonds. The minimum absolute atomic E-state index is 0.0421. The molecule has 4 N–H and O–H groups in total. The Morgan fingerprint density at radius 3 is 1.25 bits per heavy atom. The molecule has 6 atom stereocenters. The lowest BCUT2D eigenvalue weighted by Gasteiger charge is -2.47. The second-order valence-electron chi connectivity index (χ2n) is 32.3. The number of amides is 4. The van der Waals surface area contributed by atoms with Crippen molar-refractivity contribution in [1.29, 1.82) is 5.26 Å². The zero-order chi connectivity index (χ0) is 81.1. The van der Waals surface area contributed by atoms with Crippen LogP contribution in [0.5, 0.6) is 0 Å². The molecule has 6 aliphatic carbocycles. The van der Waals surface area contributed by atoms with Gasteiger partial charge in [0.05, 0.1) is 59.7 Å². The van der Waals surface area contributed by atoms with Gasteiger partial charge in [-0.1, -0.05) is 26.8 Å². The fourth-order valence-corrected chi connectivity index (χ4v) is 16.3. The van der Waals surface area contributed by atoms with Gasteiger partial charge in [0.2, 0.25) is 47.4 Å². The summed E-state index contributed by atoms with van der Waals surface area (Å²) in [6.07, 6.45) is 5.32. The average molecular weight is 1680 g/mol. The van der Waals surface area contributed by atoms with Gasteiger partial charge in [0.1, 0.15) is 29.0 Å². The van der Waals surface area contributed by atoms with Crippen molar-refractivity contribution in [3.05, 3.63) is 128 Å². The first kappa shape index (κ1) is 81.4. The van der Waals surface area contributed by atoms with Gasteiger partial charge in [0, 0.05) is 85.0 Å². The Hall–Kier alpha value is -9.11. The molecule has 6 fully saturated rings. The first-order chi connectivity index (χ1) is 51.7. The Morgan fingerprint density at radius 1 is 0.514 bits per heavy atom. The molecular weight excluding hydrogens is 1600 g/mol. The second kappa shape index (κ2) is 29.1. The van der Waals surface area contributed by atoms with Gasteiger partial charge in [-0.05, 0) is 209 Å². The van der Waals surface area contributed by atoms with E-state index in [0.29, 0.717) is 61.3 Å². The fraction of sp³-hybridized carbons (Fsp3) is 0.487. The summed E-state index contributed by atoms with van der Waals surface area (Å²) in [5.74, 6) is -16.6. The van der Waals surface area contributed by atoms with E-state index in [2.05, 4.69) is 84.8 Å². The summed E-state index contributed by atoms with van der Waals surface area (Å²) in [5.41, 5.74) is -4.57. The third-order valence-electron chi connectivity index (χ3n) is 23.0. The van der Waals surface area contributed by atoms with E-state index in [4.69, 9.17) is 6.57 Å². The average Bonchev–Trinajstić information content (AvgIpc) is 1.55. The van der Waals surface area contributed by atoms with Gasteiger partial charge in [-0.3, -0.25) is 45.0 Å². The number of nitrogens with one attached hydrogen (secondary N) is 4. The molecule has 0 saturated heterocycles. The smallest absolute Gasteiger partial charge is 0.281 e. The Kier molecular flexibility index (Phi) is 21.4. The highest BCUT2D eigenvalue weighted by atomic mass is 79.9. The van der Waals surface area contributed by atoms with Crippen LogP contribution in [0.4, 0.5) is 86.6 Å². The predicted molar refractivity (Wildman–Crippen MR) is 399 cm³/mol. The molecule has 15 rings (SSSR count). The third-order valence-corrected chi connectivity index (χ3v) is 24.5. The molecule has 6 saturated carbocycles. The van der Waals surface area contributed by atoms with Gasteiger partial charge in [0.15, 0.2) is 28.5 Å². The van der Waals surface area contributed by atoms with Crippen LogP contribution in [0.1, 0.15) is 171 Å². The maximum atomic E-state index is 14.4. The van der Waals surface area contributed by atoms with E-state index in [-0.39, 0.29) is 73.6 Å². The molecule has 111 heavy (non-hydrogen) atoms. The third kappa shape index (κ3) is 15.1. The van der Waals surface area contributed by atoms with Gasteiger partial charge in [0.25, 0.3) is 17.8 Å². The molecule has 9 aromatic rings. The lowest BCUT2D eigenvalue weighted by atomic mass is 9.67. The molecule has 0 aliphatic heterocycles. The first-order valence-electron chi connectivity index (χ1n) is 36.1. The molecule has 18 nitrogen and oxygen atoms in total. The van der Waals surface area contributed by atoms with Crippen LogP contribution < -0.4 is 21.3 Å². The van der Waals surface area contributed by atoms with Crippen LogP contribution in [-0.2, 0) is 35.8 Å². The number of nitriles is 1. The van der Waals surface area contributed by atoms with Crippen LogP contribution >= 0.6 is 31.9 Å². The van der Waals surface area contributed by atoms with Crippen molar-refractivity contribution >= 4 is 129 Å². The van der Waals surface area contributed by atoms with E-state index in [1.807, 2.05) is 45.3 Å². The predicted octanol–water partition coefficient (Wildman–Crippen LogP) is 20.8. The van der Waals surface area contributed by atoms with Crippen molar-refractivity contribution in [3.8, 4) is 11.8 Å². The summed E-state index contributed by atoms with van der Waals surface area (Å²) in [6.45, 7) is 21.7. The van der Waals surface area contributed by atoms with Gasteiger partial charge in [-0.15, -0.1) is 0 Å². The Labute approximate surface area is 646 Å². The zero-order valence-electron chi connectivity index (χ0n) is 61.8. The van der Waals surface area contributed by atoms with Crippen LogP contribution in [0, 0.1) is 64.3 Å². The number of fused-ring (bicyclic) bond motifs is 4. The van der Waals surface area contributed by atoms with Crippen LogP contribution in [0.2, 0.25) is 0 Å². The van der Waals surface area contributed by atoms with Crippen LogP contribution in [-0.4, -0.2) is 96.6 Å². The van der Waals surface area contributed by atoms with Crippen molar-refractivity contribution in [1.82, 2.24) is 38.2 Å². The minimum Gasteiger partial charge on any atom is -0.303 e. The number of imidazole rings is 4. The number of rotatable bonds is 15. The van der Waals surface area contributed by atoms with Gasteiger partial charge in [-0.25, -0.2) is 81.9 Å². The summed E-state index contributed by atoms with van der Waals surface area (Å²) < 4.78 is 186. The minimum atomic E-state index is -3.45. The topological polar surface area (TPSA) is 216 Å². The number of carbonyl (C=O) groups excluding carboxylic acids is 4. The van der Waals surface area contributed by atoms with Crippen LogP contribution in [0.3, 0.4) is 0 Å². The quantitative estimate of drug-likeness (QED) is 0.0566. The van der Waals surface area contributed by atoms with Crippen molar-refractivity contribution < 1.29 is 76.3 Å². The van der Waals surface area contributed by atoms with Crippen molar-refractivity contribution in [2.75, 3.05) is 21.3 Å². The number of nitrogens with zero attached hydrogens (tertiary/aromatic N) is 10. The number of anilines is 4. The number of aromatic nitrogens is 8. The summed E-state index contributed by atoms with van der Waals surface area (Å²) in [5, 5.41) is 20.1. The number of carbonyl (C=O) groups is 4. The molecular formula is C78H79Br2F13N14O4. The van der Waals surface area contributed by atoms with E-state index >= 15 is 0 Å². The second-order valence-corrected chi connectivity index (χ2v) is 33.9. The summed E-state index contributed by atoms with van der Waals surface area (Å²) in [7, 11) is 0. The van der Waals surface area contributed by atoms with E-state index in [9.17, 15) is 81.5 Å².